The maximum absolute atomic E-state index is 11.9. The van der Waals surface area contributed by atoms with E-state index in [0.717, 1.165) is 45.3 Å². The summed E-state index contributed by atoms with van der Waals surface area (Å²) in [5, 5.41) is 8.94. The predicted molar refractivity (Wildman–Crippen MR) is 91.4 cm³/mol. The van der Waals surface area contributed by atoms with Gasteiger partial charge in [0.1, 0.15) is 0 Å². The number of esters is 1. The van der Waals surface area contributed by atoms with Crippen LogP contribution in [0, 0.1) is 5.92 Å². The molecule has 0 unspecified atom stereocenters. The largest absolute Gasteiger partial charge is 0.425 e. The van der Waals surface area contributed by atoms with Crippen LogP contribution in [0.5, 0.6) is 0 Å². The normalized spacial score (nSPS) is 16.4. The van der Waals surface area contributed by atoms with E-state index >= 15 is 0 Å². The van der Waals surface area contributed by atoms with Crippen molar-refractivity contribution in [3.63, 3.8) is 0 Å². The summed E-state index contributed by atoms with van der Waals surface area (Å²) in [7, 11) is 0. The summed E-state index contributed by atoms with van der Waals surface area (Å²) in [6.07, 6.45) is 3.58. The molecule has 1 aliphatic carbocycles. The highest BCUT2D eigenvalue weighted by Crippen LogP contribution is 2.25. The molecule has 140 valence electrons. The zero-order valence-electron chi connectivity index (χ0n) is 14.6. The number of carbonyl (C=O) groups excluding carboxylic acids is 2. The fourth-order valence-electron chi connectivity index (χ4n) is 2.60. The number of nitrogens with one attached hydrogen (secondary N) is 3. The van der Waals surface area contributed by atoms with E-state index in [0.29, 0.717) is 19.6 Å². The molecule has 24 heavy (non-hydrogen) atoms. The smallest absolute Gasteiger partial charge is 0.410 e. The van der Waals surface area contributed by atoms with E-state index in [1.165, 1.54) is 6.42 Å². The minimum Gasteiger partial charge on any atom is -0.425 e. The Balaban J connectivity index is 2.02. The lowest BCUT2D eigenvalue weighted by molar-refractivity contribution is -0.170. The van der Waals surface area contributed by atoms with Crippen molar-refractivity contribution in [2.75, 3.05) is 39.3 Å². The number of hydrogen-bond donors (Lipinski definition) is 4. The number of rotatable bonds is 11. The molecule has 0 saturated heterocycles. The van der Waals surface area contributed by atoms with E-state index in [1.807, 2.05) is 0 Å². The zero-order valence-corrected chi connectivity index (χ0v) is 14.6. The molecule has 0 radical (unpaired) electrons. The Bertz CT molecular complexity index is 362. The molecule has 0 aromatic heterocycles. The van der Waals surface area contributed by atoms with Crippen molar-refractivity contribution < 1.29 is 19.1 Å². The monoisotopic (exact) mass is 344 g/mol. The lowest BCUT2D eigenvalue weighted by Crippen LogP contribution is -2.37. The van der Waals surface area contributed by atoms with Gasteiger partial charge in [-0.25, -0.2) is 4.79 Å². The molecule has 1 saturated carbocycles. The molecule has 0 bridgehead atoms. The van der Waals surface area contributed by atoms with Crippen LogP contribution < -0.4 is 21.7 Å². The van der Waals surface area contributed by atoms with E-state index in [1.54, 1.807) is 6.92 Å². The molecule has 5 N–H and O–H groups in total. The molecule has 0 spiro atoms. The molecule has 1 atom stereocenters. The van der Waals surface area contributed by atoms with Gasteiger partial charge in [0.2, 0.25) is 6.29 Å². The molecular formula is C16H32N4O4. The Morgan fingerprint density at radius 2 is 1.62 bits per heavy atom. The van der Waals surface area contributed by atoms with Crippen LogP contribution in [0.1, 0.15) is 39.0 Å². The molecule has 1 amide bonds. The van der Waals surface area contributed by atoms with Gasteiger partial charge in [-0.05, 0) is 12.8 Å². The van der Waals surface area contributed by atoms with Crippen molar-refractivity contribution in [2.24, 2.45) is 11.7 Å². The molecule has 0 aromatic rings. The van der Waals surface area contributed by atoms with Gasteiger partial charge in [-0.15, -0.1) is 0 Å². The van der Waals surface area contributed by atoms with Crippen LogP contribution in [-0.2, 0) is 14.3 Å². The lowest BCUT2D eigenvalue weighted by Gasteiger charge is -2.22. The van der Waals surface area contributed by atoms with Gasteiger partial charge >= 0.3 is 12.1 Å². The summed E-state index contributed by atoms with van der Waals surface area (Å²) in [6, 6.07) is 0. The fourth-order valence-corrected chi connectivity index (χ4v) is 2.60. The maximum Gasteiger partial charge on any atom is 0.410 e. The molecule has 1 aliphatic rings. The van der Waals surface area contributed by atoms with Crippen molar-refractivity contribution >= 4 is 12.1 Å². The lowest BCUT2D eigenvalue weighted by atomic mass is 9.89. The second-order valence-corrected chi connectivity index (χ2v) is 5.96. The Labute approximate surface area is 144 Å². The van der Waals surface area contributed by atoms with Crippen molar-refractivity contribution in [3.8, 4) is 0 Å². The summed E-state index contributed by atoms with van der Waals surface area (Å²) in [5.41, 5.74) is 5.36. The maximum atomic E-state index is 11.9. The molecular weight excluding hydrogens is 312 g/mol. The van der Waals surface area contributed by atoms with Crippen LogP contribution >= 0.6 is 0 Å². The first-order valence-electron chi connectivity index (χ1n) is 8.90. The van der Waals surface area contributed by atoms with E-state index in [-0.39, 0.29) is 11.9 Å². The number of carbonyl (C=O) groups is 2. The summed E-state index contributed by atoms with van der Waals surface area (Å²) >= 11 is 0. The molecule has 1 rings (SSSR count). The van der Waals surface area contributed by atoms with Crippen LogP contribution in [0.2, 0.25) is 0 Å². The Hall–Kier alpha value is -1.38. The topological polar surface area (TPSA) is 115 Å². The first-order valence-corrected chi connectivity index (χ1v) is 8.90. The van der Waals surface area contributed by atoms with Crippen LogP contribution in [0.4, 0.5) is 4.79 Å². The van der Waals surface area contributed by atoms with Gasteiger partial charge in [0.25, 0.3) is 0 Å². The van der Waals surface area contributed by atoms with E-state index in [2.05, 4.69) is 16.0 Å². The molecule has 8 nitrogen and oxygen atoms in total. The third-order valence-corrected chi connectivity index (χ3v) is 3.86. The SMILES string of the molecule is C[C@@H](OC(=O)NCCNCCNCCN)OC(=O)C1CCCCC1. The number of ether oxygens (including phenoxy) is 2. The first-order chi connectivity index (χ1) is 11.6. The highest BCUT2D eigenvalue weighted by atomic mass is 16.7. The summed E-state index contributed by atoms with van der Waals surface area (Å²) in [5.74, 6) is -0.313. The van der Waals surface area contributed by atoms with Gasteiger partial charge < -0.3 is 31.2 Å². The fraction of sp³-hybridized carbons (Fsp3) is 0.875. The molecule has 1 fully saturated rings. The summed E-state index contributed by atoms with van der Waals surface area (Å²) in [6.45, 7) is 5.68. The van der Waals surface area contributed by atoms with Gasteiger partial charge in [-0.2, -0.15) is 0 Å². The van der Waals surface area contributed by atoms with Crippen LogP contribution in [-0.4, -0.2) is 57.6 Å². The van der Waals surface area contributed by atoms with Gasteiger partial charge in [-0.3, -0.25) is 4.79 Å². The van der Waals surface area contributed by atoms with Crippen LogP contribution in [0.25, 0.3) is 0 Å². The highest BCUT2D eigenvalue weighted by molar-refractivity contribution is 5.73. The highest BCUT2D eigenvalue weighted by Gasteiger charge is 2.24. The Kier molecular flexibility index (Phi) is 11.2. The van der Waals surface area contributed by atoms with E-state index < -0.39 is 12.4 Å². The molecule has 0 aliphatic heterocycles. The first kappa shape index (κ1) is 20.7. The van der Waals surface area contributed by atoms with Crippen LogP contribution in [0.3, 0.4) is 0 Å². The number of amides is 1. The minimum atomic E-state index is -0.868. The van der Waals surface area contributed by atoms with Crippen molar-refractivity contribution in [1.82, 2.24) is 16.0 Å². The number of nitrogens with two attached hydrogens (primary N) is 1. The quantitative estimate of drug-likeness (QED) is 0.242. The predicted octanol–water partition coefficient (Wildman–Crippen LogP) is 0.320. The molecule has 8 heteroatoms. The molecule has 0 heterocycles. The summed E-state index contributed by atoms with van der Waals surface area (Å²) < 4.78 is 10.2. The zero-order chi connectivity index (χ0) is 17.6. The third kappa shape index (κ3) is 9.69. The van der Waals surface area contributed by atoms with Gasteiger partial charge in [0.15, 0.2) is 0 Å². The average molecular weight is 344 g/mol. The van der Waals surface area contributed by atoms with Crippen LogP contribution in [0.15, 0.2) is 0 Å². The number of hydrogen-bond acceptors (Lipinski definition) is 7. The van der Waals surface area contributed by atoms with Crippen molar-refractivity contribution in [1.29, 1.82) is 0 Å². The van der Waals surface area contributed by atoms with E-state index in [9.17, 15) is 9.59 Å². The average Bonchev–Trinajstić information content (AvgIpc) is 2.58. The second kappa shape index (κ2) is 13.0. The standard InChI is InChI=1S/C16H32N4O4/c1-13(23-15(21)14-5-3-2-4-6-14)24-16(22)20-12-11-19-10-9-18-8-7-17/h13-14,18-19H,2-12,17H2,1H3,(H,20,22)/t13-/m1/s1. The minimum absolute atomic E-state index is 0.0510. The second-order valence-electron chi connectivity index (χ2n) is 5.96. The summed E-state index contributed by atoms with van der Waals surface area (Å²) in [4.78, 5) is 23.5. The Morgan fingerprint density at radius 1 is 1.00 bits per heavy atom. The third-order valence-electron chi connectivity index (χ3n) is 3.86. The van der Waals surface area contributed by atoms with Gasteiger partial charge in [0.05, 0.1) is 5.92 Å². The van der Waals surface area contributed by atoms with E-state index in [4.69, 9.17) is 15.2 Å². The van der Waals surface area contributed by atoms with Gasteiger partial charge in [0, 0.05) is 46.2 Å². The Morgan fingerprint density at radius 3 is 2.29 bits per heavy atom. The van der Waals surface area contributed by atoms with Gasteiger partial charge in [-0.1, -0.05) is 19.3 Å². The number of alkyl carbamates (subject to hydrolysis) is 1. The molecule has 0 aromatic carbocycles. The van der Waals surface area contributed by atoms with Crippen molar-refractivity contribution in [3.05, 3.63) is 0 Å². The van der Waals surface area contributed by atoms with Crippen molar-refractivity contribution in [2.45, 2.75) is 45.3 Å².